The highest BCUT2D eigenvalue weighted by molar-refractivity contribution is 6.34. The van der Waals surface area contributed by atoms with Crippen molar-refractivity contribution in [1.29, 1.82) is 0 Å². The lowest BCUT2D eigenvalue weighted by atomic mass is 10.2. The largest absolute Gasteiger partial charge is 0.495 e. The first-order chi connectivity index (χ1) is 5.57. The molecule has 0 fully saturated rings. The summed E-state index contributed by atoms with van der Waals surface area (Å²) < 4.78 is 17.8. The van der Waals surface area contributed by atoms with Crippen LogP contribution in [0.2, 0.25) is 5.02 Å². The molecule has 0 aromatic heterocycles. The Morgan fingerprint density at radius 2 is 2.17 bits per heavy atom. The Kier molecular flexibility index (Phi) is 2.43. The zero-order valence-corrected chi connectivity index (χ0v) is 7.57. The van der Waals surface area contributed by atoms with Gasteiger partial charge in [0.25, 0.3) is 0 Å². The molecule has 1 aromatic rings. The van der Waals surface area contributed by atoms with Crippen LogP contribution in [0, 0.1) is 12.7 Å². The molecule has 0 spiro atoms. The molecule has 0 bridgehead atoms. The molecule has 0 atom stereocenters. The molecule has 0 aliphatic carbocycles. The number of nitrogen functional groups attached to an aromatic ring is 1. The molecule has 66 valence electrons. The predicted molar refractivity (Wildman–Crippen MR) is 47.1 cm³/mol. The number of methoxy groups -OCH3 is 1. The molecule has 0 amide bonds. The van der Waals surface area contributed by atoms with Gasteiger partial charge in [-0.15, -0.1) is 0 Å². The number of rotatable bonds is 1. The van der Waals surface area contributed by atoms with Gasteiger partial charge in [-0.25, -0.2) is 4.39 Å². The lowest BCUT2D eigenvalue weighted by Crippen LogP contribution is -1.97. The Labute approximate surface area is 75.1 Å². The molecule has 2 N–H and O–H groups in total. The van der Waals surface area contributed by atoms with Crippen molar-refractivity contribution in [2.24, 2.45) is 0 Å². The monoisotopic (exact) mass is 189 g/mol. The van der Waals surface area contributed by atoms with Crippen molar-refractivity contribution in [1.82, 2.24) is 0 Å². The summed E-state index contributed by atoms with van der Waals surface area (Å²) in [6.07, 6.45) is 0. The Morgan fingerprint density at radius 1 is 1.58 bits per heavy atom. The third kappa shape index (κ3) is 1.32. The second kappa shape index (κ2) is 3.19. The first-order valence-corrected chi connectivity index (χ1v) is 3.73. The smallest absolute Gasteiger partial charge is 0.142 e. The maximum atomic E-state index is 13.0. The minimum atomic E-state index is -0.409. The summed E-state index contributed by atoms with van der Waals surface area (Å²) in [7, 11) is 1.41. The maximum Gasteiger partial charge on any atom is 0.142 e. The van der Waals surface area contributed by atoms with E-state index < -0.39 is 5.82 Å². The van der Waals surface area contributed by atoms with Crippen LogP contribution in [0.5, 0.6) is 5.75 Å². The van der Waals surface area contributed by atoms with E-state index in [-0.39, 0.29) is 16.5 Å². The van der Waals surface area contributed by atoms with E-state index in [1.54, 1.807) is 6.92 Å². The van der Waals surface area contributed by atoms with Crippen LogP contribution in [-0.4, -0.2) is 7.11 Å². The quantitative estimate of drug-likeness (QED) is 0.689. The second-order valence-electron chi connectivity index (χ2n) is 2.41. The highest BCUT2D eigenvalue weighted by Crippen LogP contribution is 2.33. The van der Waals surface area contributed by atoms with Gasteiger partial charge in [0, 0.05) is 11.6 Å². The Hall–Kier alpha value is -0.960. The number of nitrogens with two attached hydrogens (primary N) is 1. The lowest BCUT2D eigenvalue weighted by Gasteiger charge is -2.08. The van der Waals surface area contributed by atoms with E-state index in [1.165, 1.54) is 13.2 Å². The van der Waals surface area contributed by atoms with Gasteiger partial charge >= 0.3 is 0 Å². The molecule has 0 unspecified atom stereocenters. The molecule has 0 aliphatic rings. The molecule has 4 heteroatoms. The van der Waals surface area contributed by atoms with Crippen LogP contribution in [0.1, 0.15) is 5.56 Å². The molecule has 2 nitrogen and oxygen atoms in total. The van der Waals surface area contributed by atoms with Crippen LogP contribution in [0.25, 0.3) is 0 Å². The number of hydrogen-bond acceptors (Lipinski definition) is 2. The van der Waals surface area contributed by atoms with E-state index in [9.17, 15) is 4.39 Å². The minimum Gasteiger partial charge on any atom is -0.495 e. The fourth-order valence-corrected chi connectivity index (χ4v) is 1.13. The summed E-state index contributed by atoms with van der Waals surface area (Å²) in [5, 5.41) is 0.261. The van der Waals surface area contributed by atoms with Gasteiger partial charge in [0.05, 0.1) is 12.8 Å². The van der Waals surface area contributed by atoms with Crippen molar-refractivity contribution in [2.75, 3.05) is 12.8 Å². The van der Waals surface area contributed by atoms with Crippen molar-refractivity contribution in [3.8, 4) is 5.75 Å². The molecular weight excluding hydrogens is 181 g/mol. The van der Waals surface area contributed by atoms with Crippen molar-refractivity contribution in [3.63, 3.8) is 0 Å². The maximum absolute atomic E-state index is 13.0. The van der Waals surface area contributed by atoms with Crippen LogP contribution in [-0.2, 0) is 0 Å². The van der Waals surface area contributed by atoms with Gasteiger partial charge in [0.15, 0.2) is 0 Å². The normalized spacial score (nSPS) is 10.0. The van der Waals surface area contributed by atoms with E-state index in [4.69, 9.17) is 22.1 Å². The molecule has 12 heavy (non-hydrogen) atoms. The number of hydrogen-bond donors (Lipinski definition) is 1. The van der Waals surface area contributed by atoms with E-state index in [2.05, 4.69) is 0 Å². The zero-order chi connectivity index (χ0) is 9.30. The lowest BCUT2D eigenvalue weighted by molar-refractivity contribution is 0.411. The van der Waals surface area contributed by atoms with Crippen LogP contribution in [0.4, 0.5) is 10.1 Å². The van der Waals surface area contributed by atoms with Gasteiger partial charge in [-0.05, 0) is 6.92 Å². The fourth-order valence-electron chi connectivity index (χ4n) is 0.861. The standard InChI is InChI=1S/C8H9ClFNO/c1-4-5(10)3-6(12-2)7(9)8(4)11/h3H,11H2,1-2H3. The molecule has 0 radical (unpaired) electrons. The summed E-state index contributed by atoms with van der Waals surface area (Å²) in [4.78, 5) is 0. The molecule has 1 rings (SSSR count). The van der Waals surface area contributed by atoms with Crippen LogP contribution in [0.3, 0.4) is 0 Å². The van der Waals surface area contributed by atoms with E-state index in [0.717, 1.165) is 0 Å². The zero-order valence-electron chi connectivity index (χ0n) is 6.82. The van der Waals surface area contributed by atoms with E-state index >= 15 is 0 Å². The first-order valence-electron chi connectivity index (χ1n) is 3.36. The summed E-state index contributed by atoms with van der Waals surface area (Å²) in [6, 6.07) is 1.22. The van der Waals surface area contributed by atoms with Gasteiger partial charge in [-0.3, -0.25) is 0 Å². The Morgan fingerprint density at radius 3 is 2.67 bits per heavy atom. The topological polar surface area (TPSA) is 35.2 Å². The summed E-state index contributed by atoms with van der Waals surface area (Å²) in [5.41, 5.74) is 6.09. The van der Waals surface area contributed by atoms with Crippen LogP contribution < -0.4 is 10.5 Å². The van der Waals surface area contributed by atoms with Crippen molar-refractivity contribution >= 4 is 17.3 Å². The number of benzene rings is 1. The Balaban J connectivity index is 3.39. The van der Waals surface area contributed by atoms with Crippen molar-refractivity contribution < 1.29 is 9.13 Å². The average molecular weight is 190 g/mol. The number of ether oxygens (including phenoxy) is 1. The average Bonchev–Trinajstić information content (AvgIpc) is 2.08. The number of anilines is 1. The third-order valence-electron chi connectivity index (χ3n) is 1.69. The first kappa shape index (κ1) is 9.13. The summed E-state index contributed by atoms with van der Waals surface area (Å²) >= 11 is 5.75. The molecule has 0 heterocycles. The van der Waals surface area contributed by atoms with Gasteiger partial charge in [-0.1, -0.05) is 11.6 Å². The SMILES string of the molecule is COc1cc(F)c(C)c(N)c1Cl. The van der Waals surface area contributed by atoms with Gasteiger partial charge < -0.3 is 10.5 Å². The minimum absolute atomic E-state index is 0.230. The van der Waals surface area contributed by atoms with E-state index in [1.807, 2.05) is 0 Å². The predicted octanol–water partition coefficient (Wildman–Crippen LogP) is 2.38. The van der Waals surface area contributed by atoms with E-state index in [0.29, 0.717) is 5.56 Å². The highest BCUT2D eigenvalue weighted by Gasteiger charge is 2.11. The summed E-state index contributed by atoms with van der Waals surface area (Å²) in [5.74, 6) is -0.147. The van der Waals surface area contributed by atoms with Crippen LogP contribution >= 0.6 is 11.6 Å². The molecule has 0 saturated carbocycles. The molecule has 1 aromatic carbocycles. The van der Waals surface area contributed by atoms with Gasteiger partial charge in [0.1, 0.15) is 16.6 Å². The second-order valence-corrected chi connectivity index (χ2v) is 2.79. The number of halogens is 2. The molecule has 0 aliphatic heterocycles. The van der Waals surface area contributed by atoms with Crippen LogP contribution in [0.15, 0.2) is 6.07 Å². The highest BCUT2D eigenvalue weighted by atomic mass is 35.5. The Bertz CT molecular complexity index is 314. The van der Waals surface area contributed by atoms with Gasteiger partial charge in [0.2, 0.25) is 0 Å². The molecule has 0 saturated heterocycles. The van der Waals surface area contributed by atoms with Crippen molar-refractivity contribution in [3.05, 3.63) is 22.5 Å². The fraction of sp³-hybridized carbons (Fsp3) is 0.250. The van der Waals surface area contributed by atoms with Crippen molar-refractivity contribution in [2.45, 2.75) is 6.92 Å². The summed E-state index contributed by atoms with van der Waals surface area (Å²) in [6.45, 7) is 1.57. The third-order valence-corrected chi connectivity index (χ3v) is 2.08. The van der Waals surface area contributed by atoms with Gasteiger partial charge in [-0.2, -0.15) is 0 Å². The molecular formula is C8H9ClFNO.